The Morgan fingerprint density at radius 2 is 1.60 bits per heavy atom. The molecule has 1 aromatic carbocycles. The molecule has 2 heterocycles. The van der Waals surface area contributed by atoms with Crippen LogP contribution in [0.4, 0.5) is 5.69 Å². The van der Waals surface area contributed by atoms with Crippen molar-refractivity contribution in [3.05, 3.63) is 35.7 Å². The first-order valence-corrected chi connectivity index (χ1v) is 11.6. The van der Waals surface area contributed by atoms with Gasteiger partial charge in [0.05, 0.1) is 12.1 Å². The highest BCUT2D eigenvalue weighted by Crippen LogP contribution is 2.31. The topological polar surface area (TPSA) is 53.3 Å². The molecule has 1 aliphatic heterocycles. The van der Waals surface area contributed by atoms with Gasteiger partial charge in [0, 0.05) is 52.0 Å². The Morgan fingerprint density at radius 3 is 2.20 bits per heavy atom. The summed E-state index contributed by atoms with van der Waals surface area (Å²) in [5.41, 5.74) is 2.48. The van der Waals surface area contributed by atoms with Crippen molar-refractivity contribution in [1.29, 1.82) is 0 Å². The monoisotopic (exact) mass is 411 g/mol. The highest BCUT2D eigenvalue weighted by Gasteiger charge is 2.33. The van der Waals surface area contributed by atoms with Crippen LogP contribution in [0, 0.1) is 0 Å². The standard InChI is InChI=1S/C23H37N7/c1-18(2)30-23(24-25-26-30)22(19-10-12-20(13-11-19)27(3)4)29-16-14-28(15-17-29)21-8-6-5-7-9-21/h10-13,18,21-22H,5-9,14-17H2,1-4H3/t22-/m1/s1. The Balaban J connectivity index is 1.57. The van der Waals surface area contributed by atoms with Crippen LogP contribution in [0.1, 0.15) is 69.4 Å². The second kappa shape index (κ2) is 9.43. The van der Waals surface area contributed by atoms with Crippen LogP contribution in [0.25, 0.3) is 0 Å². The molecule has 0 amide bonds. The van der Waals surface area contributed by atoms with Crippen molar-refractivity contribution in [2.24, 2.45) is 0 Å². The van der Waals surface area contributed by atoms with Gasteiger partial charge in [-0.1, -0.05) is 31.4 Å². The van der Waals surface area contributed by atoms with Gasteiger partial charge in [-0.15, -0.1) is 5.10 Å². The first-order chi connectivity index (χ1) is 14.5. The van der Waals surface area contributed by atoms with E-state index >= 15 is 0 Å². The van der Waals surface area contributed by atoms with Crippen molar-refractivity contribution in [3.63, 3.8) is 0 Å². The minimum absolute atomic E-state index is 0.0899. The van der Waals surface area contributed by atoms with Crippen LogP contribution in [0.5, 0.6) is 0 Å². The molecule has 1 aliphatic carbocycles. The molecule has 1 saturated carbocycles. The average molecular weight is 412 g/mol. The van der Waals surface area contributed by atoms with E-state index in [-0.39, 0.29) is 12.1 Å². The number of hydrogen-bond acceptors (Lipinski definition) is 6. The third-order valence-electron chi connectivity index (χ3n) is 6.78. The number of anilines is 1. The lowest BCUT2D eigenvalue weighted by Gasteiger charge is -2.43. The second-order valence-electron chi connectivity index (χ2n) is 9.33. The van der Waals surface area contributed by atoms with Crippen LogP contribution in [-0.2, 0) is 0 Å². The lowest BCUT2D eigenvalue weighted by molar-refractivity contribution is 0.0617. The SMILES string of the molecule is CC(C)n1nnnc1[C@@H](c1ccc(N(C)C)cc1)N1CCN(C2CCCCC2)CC1. The van der Waals surface area contributed by atoms with E-state index in [1.807, 2.05) is 4.68 Å². The zero-order chi connectivity index (χ0) is 21.1. The van der Waals surface area contributed by atoms with E-state index < -0.39 is 0 Å². The summed E-state index contributed by atoms with van der Waals surface area (Å²) in [7, 11) is 4.16. The minimum Gasteiger partial charge on any atom is -0.378 e. The summed E-state index contributed by atoms with van der Waals surface area (Å²) >= 11 is 0. The molecule has 0 radical (unpaired) electrons. The average Bonchev–Trinajstić information content (AvgIpc) is 3.25. The highest BCUT2D eigenvalue weighted by molar-refractivity contribution is 5.47. The van der Waals surface area contributed by atoms with Crippen LogP contribution in [0.15, 0.2) is 24.3 Å². The number of nitrogens with zero attached hydrogens (tertiary/aromatic N) is 7. The number of piperazine rings is 1. The van der Waals surface area contributed by atoms with Gasteiger partial charge in [0.1, 0.15) is 0 Å². The molecular formula is C23H37N7. The lowest BCUT2D eigenvalue weighted by atomic mass is 9.93. The van der Waals surface area contributed by atoms with Crippen molar-refractivity contribution in [1.82, 2.24) is 30.0 Å². The van der Waals surface area contributed by atoms with E-state index in [0.717, 1.165) is 38.0 Å². The van der Waals surface area contributed by atoms with Crippen molar-refractivity contribution >= 4 is 5.69 Å². The van der Waals surface area contributed by atoms with E-state index in [4.69, 9.17) is 0 Å². The van der Waals surface area contributed by atoms with E-state index in [0.29, 0.717) is 0 Å². The number of hydrogen-bond donors (Lipinski definition) is 0. The molecule has 0 bridgehead atoms. The number of tetrazole rings is 1. The first-order valence-electron chi connectivity index (χ1n) is 11.6. The molecule has 2 fully saturated rings. The molecule has 0 spiro atoms. The Kier molecular flexibility index (Phi) is 6.68. The lowest BCUT2D eigenvalue weighted by Crippen LogP contribution is -2.52. The predicted molar refractivity (Wildman–Crippen MR) is 121 cm³/mol. The Hall–Kier alpha value is -1.99. The smallest absolute Gasteiger partial charge is 0.173 e. The third-order valence-corrected chi connectivity index (χ3v) is 6.78. The quantitative estimate of drug-likeness (QED) is 0.727. The highest BCUT2D eigenvalue weighted by atomic mass is 15.6. The summed E-state index contributed by atoms with van der Waals surface area (Å²) < 4.78 is 1.98. The summed E-state index contributed by atoms with van der Waals surface area (Å²) in [5.74, 6) is 0.953. The van der Waals surface area contributed by atoms with E-state index in [1.54, 1.807) is 0 Å². The van der Waals surface area contributed by atoms with Crippen molar-refractivity contribution in [3.8, 4) is 0 Å². The zero-order valence-corrected chi connectivity index (χ0v) is 19.0. The molecule has 0 unspecified atom stereocenters. The van der Waals surface area contributed by atoms with Gasteiger partial charge in [-0.2, -0.15) is 0 Å². The van der Waals surface area contributed by atoms with Crippen LogP contribution < -0.4 is 4.90 Å². The minimum atomic E-state index is 0.0899. The fourth-order valence-electron chi connectivity index (χ4n) is 5.03. The predicted octanol–water partition coefficient (Wildman–Crippen LogP) is 3.36. The molecule has 0 N–H and O–H groups in total. The molecule has 7 nitrogen and oxygen atoms in total. The molecule has 7 heteroatoms. The molecule has 1 saturated heterocycles. The van der Waals surface area contributed by atoms with E-state index in [9.17, 15) is 0 Å². The van der Waals surface area contributed by atoms with Crippen molar-refractivity contribution in [2.45, 2.75) is 64.1 Å². The van der Waals surface area contributed by atoms with Gasteiger partial charge in [0.15, 0.2) is 5.82 Å². The Morgan fingerprint density at radius 1 is 0.933 bits per heavy atom. The van der Waals surface area contributed by atoms with Crippen molar-refractivity contribution < 1.29 is 0 Å². The molecule has 164 valence electrons. The van der Waals surface area contributed by atoms with Gasteiger partial charge in [-0.3, -0.25) is 9.80 Å². The van der Waals surface area contributed by atoms with Crippen LogP contribution in [0.3, 0.4) is 0 Å². The number of rotatable bonds is 6. The number of benzene rings is 1. The summed E-state index contributed by atoms with van der Waals surface area (Å²) in [4.78, 5) is 7.45. The molecular weight excluding hydrogens is 374 g/mol. The summed E-state index contributed by atoms with van der Waals surface area (Å²) in [5, 5.41) is 12.8. The molecule has 2 aliphatic rings. The van der Waals surface area contributed by atoms with Gasteiger partial charge in [0.25, 0.3) is 0 Å². The summed E-state index contributed by atoms with van der Waals surface area (Å²) in [6, 6.07) is 10.0. The molecule has 30 heavy (non-hydrogen) atoms. The Labute approximate surface area is 181 Å². The van der Waals surface area contributed by atoms with Gasteiger partial charge >= 0.3 is 0 Å². The van der Waals surface area contributed by atoms with Gasteiger partial charge in [-0.25, -0.2) is 4.68 Å². The summed E-state index contributed by atoms with van der Waals surface area (Å²) in [6.07, 6.45) is 6.96. The number of aromatic nitrogens is 4. The fraction of sp³-hybridized carbons (Fsp3) is 0.696. The van der Waals surface area contributed by atoms with E-state index in [2.05, 4.69) is 82.4 Å². The largest absolute Gasteiger partial charge is 0.378 e. The third kappa shape index (κ3) is 4.52. The van der Waals surface area contributed by atoms with Crippen LogP contribution >= 0.6 is 0 Å². The zero-order valence-electron chi connectivity index (χ0n) is 19.0. The second-order valence-corrected chi connectivity index (χ2v) is 9.33. The Bertz CT molecular complexity index is 784. The van der Waals surface area contributed by atoms with E-state index in [1.165, 1.54) is 43.4 Å². The van der Waals surface area contributed by atoms with Gasteiger partial charge in [0.2, 0.25) is 0 Å². The fourth-order valence-corrected chi connectivity index (χ4v) is 5.03. The van der Waals surface area contributed by atoms with Gasteiger partial charge in [-0.05, 0) is 54.8 Å². The van der Waals surface area contributed by atoms with Crippen LogP contribution in [0.2, 0.25) is 0 Å². The normalized spacial score (nSPS) is 20.6. The maximum atomic E-state index is 4.49. The van der Waals surface area contributed by atoms with Crippen LogP contribution in [-0.4, -0.2) is 76.3 Å². The van der Waals surface area contributed by atoms with Crippen molar-refractivity contribution in [2.75, 3.05) is 45.2 Å². The maximum Gasteiger partial charge on any atom is 0.173 e. The molecule has 2 aromatic rings. The summed E-state index contributed by atoms with van der Waals surface area (Å²) in [6.45, 7) is 8.68. The van der Waals surface area contributed by atoms with Gasteiger partial charge < -0.3 is 4.90 Å². The molecule has 4 rings (SSSR count). The molecule has 1 aromatic heterocycles. The first kappa shape index (κ1) is 21.2. The maximum absolute atomic E-state index is 4.49. The molecule has 1 atom stereocenters.